The first-order valence-electron chi connectivity index (χ1n) is 6.70. The van der Waals surface area contributed by atoms with E-state index in [0.29, 0.717) is 12.0 Å². The zero-order chi connectivity index (χ0) is 14.4. The molecule has 2 unspecified atom stereocenters. The number of nitrogens with two attached hydrogens (primary N) is 1. The van der Waals surface area contributed by atoms with Crippen LogP contribution in [0.2, 0.25) is 0 Å². The second-order valence-electron chi connectivity index (χ2n) is 5.41. The molecule has 0 aliphatic rings. The molecule has 0 heterocycles. The minimum absolute atomic E-state index is 0.0857. The van der Waals surface area contributed by atoms with E-state index in [9.17, 15) is 0 Å². The summed E-state index contributed by atoms with van der Waals surface area (Å²) in [4.78, 5) is 2.25. The van der Waals surface area contributed by atoms with Crippen molar-refractivity contribution in [3.8, 4) is 0 Å². The van der Waals surface area contributed by atoms with Crippen LogP contribution in [0, 0.1) is 5.92 Å². The largest absolute Gasteiger partial charge is 0.409 e. The Balaban J connectivity index is 2.89. The van der Waals surface area contributed by atoms with Crippen molar-refractivity contribution in [2.24, 2.45) is 16.8 Å². The van der Waals surface area contributed by atoms with E-state index in [2.05, 4.69) is 37.9 Å². The fraction of sp³-hybridized carbons (Fsp3) is 0.533. The Morgan fingerprint density at radius 3 is 2.32 bits per heavy atom. The second kappa shape index (κ2) is 7.14. The molecular weight excluding hydrogens is 238 g/mol. The Bertz CT molecular complexity index is 403. The molecule has 1 rings (SSSR count). The molecule has 4 heteroatoms. The van der Waals surface area contributed by atoms with Gasteiger partial charge in [-0.3, -0.25) is 0 Å². The molecule has 0 spiro atoms. The molecule has 0 bridgehead atoms. The van der Waals surface area contributed by atoms with Crippen molar-refractivity contribution in [2.45, 2.75) is 32.7 Å². The lowest BCUT2D eigenvalue weighted by molar-refractivity contribution is 0.205. The zero-order valence-corrected chi connectivity index (χ0v) is 12.2. The average Bonchev–Trinajstić information content (AvgIpc) is 2.43. The minimum Gasteiger partial charge on any atom is -0.409 e. The topological polar surface area (TPSA) is 61.8 Å². The Kier molecular flexibility index (Phi) is 5.83. The summed E-state index contributed by atoms with van der Waals surface area (Å²) in [6.07, 6.45) is 0. The van der Waals surface area contributed by atoms with Crippen molar-refractivity contribution in [3.05, 3.63) is 35.9 Å². The molecule has 0 aliphatic heterocycles. The molecule has 0 amide bonds. The average molecular weight is 263 g/mol. The summed E-state index contributed by atoms with van der Waals surface area (Å²) >= 11 is 0. The number of oxime groups is 1. The number of nitrogens with zero attached hydrogens (tertiary/aromatic N) is 2. The van der Waals surface area contributed by atoms with Gasteiger partial charge in [-0.2, -0.15) is 0 Å². The Morgan fingerprint density at radius 2 is 1.84 bits per heavy atom. The SMILES string of the molecule is CC(C)C(C)N(C)CC(C(N)=NO)c1ccccc1. The van der Waals surface area contributed by atoms with Crippen LogP contribution in [0.4, 0.5) is 0 Å². The fourth-order valence-corrected chi connectivity index (χ4v) is 2.09. The molecule has 106 valence electrons. The van der Waals surface area contributed by atoms with Gasteiger partial charge in [-0.1, -0.05) is 49.3 Å². The molecule has 4 nitrogen and oxygen atoms in total. The van der Waals surface area contributed by atoms with E-state index in [-0.39, 0.29) is 11.8 Å². The molecule has 2 atom stereocenters. The van der Waals surface area contributed by atoms with Crippen LogP contribution in [-0.4, -0.2) is 35.6 Å². The van der Waals surface area contributed by atoms with E-state index >= 15 is 0 Å². The summed E-state index contributed by atoms with van der Waals surface area (Å²) in [5.74, 6) is 0.736. The van der Waals surface area contributed by atoms with Crippen LogP contribution in [0.1, 0.15) is 32.3 Å². The quantitative estimate of drug-likeness (QED) is 0.359. The highest BCUT2D eigenvalue weighted by atomic mass is 16.4. The van der Waals surface area contributed by atoms with Crippen LogP contribution in [0.25, 0.3) is 0 Å². The van der Waals surface area contributed by atoms with E-state index < -0.39 is 0 Å². The summed E-state index contributed by atoms with van der Waals surface area (Å²) in [6, 6.07) is 10.4. The lowest BCUT2D eigenvalue weighted by Crippen LogP contribution is -2.39. The highest BCUT2D eigenvalue weighted by molar-refractivity contribution is 5.87. The first kappa shape index (κ1) is 15.5. The number of hydrogen-bond acceptors (Lipinski definition) is 3. The van der Waals surface area contributed by atoms with Gasteiger partial charge in [-0.05, 0) is 25.5 Å². The fourth-order valence-electron chi connectivity index (χ4n) is 2.09. The van der Waals surface area contributed by atoms with Crippen molar-refractivity contribution in [1.82, 2.24) is 4.90 Å². The van der Waals surface area contributed by atoms with Gasteiger partial charge in [-0.25, -0.2) is 0 Å². The summed E-state index contributed by atoms with van der Waals surface area (Å²) in [5, 5.41) is 12.2. The van der Waals surface area contributed by atoms with Crippen LogP contribution >= 0.6 is 0 Å². The lowest BCUT2D eigenvalue weighted by Gasteiger charge is -2.31. The van der Waals surface area contributed by atoms with Gasteiger partial charge < -0.3 is 15.8 Å². The van der Waals surface area contributed by atoms with Crippen molar-refractivity contribution < 1.29 is 5.21 Å². The van der Waals surface area contributed by atoms with Gasteiger partial charge in [0, 0.05) is 12.6 Å². The summed E-state index contributed by atoms with van der Waals surface area (Å²) in [6.45, 7) is 7.32. The molecule has 0 aliphatic carbocycles. The number of benzene rings is 1. The summed E-state index contributed by atoms with van der Waals surface area (Å²) in [7, 11) is 2.07. The standard InChI is InChI=1S/C15H25N3O/c1-11(2)12(3)18(4)10-14(15(16)17-19)13-8-6-5-7-9-13/h5-9,11-12,14,19H,10H2,1-4H3,(H2,16,17). The van der Waals surface area contributed by atoms with Crippen molar-refractivity contribution in [3.63, 3.8) is 0 Å². The number of rotatable bonds is 6. The molecule has 0 fully saturated rings. The highest BCUT2D eigenvalue weighted by Gasteiger charge is 2.22. The summed E-state index contributed by atoms with van der Waals surface area (Å²) in [5.41, 5.74) is 6.92. The van der Waals surface area contributed by atoms with Gasteiger partial charge in [0.05, 0.1) is 5.92 Å². The van der Waals surface area contributed by atoms with Gasteiger partial charge in [0.1, 0.15) is 5.84 Å². The third-order valence-corrected chi connectivity index (χ3v) is 3.81. The van der Waals surface area contributed by atoms with Gasteiger partial charge in [0.15, 0.2) is 0 Å². The Hall–Kier alpha value is -1.55. The van der Waals surface area contributed by atoms with Crippen molar-refractivity contribution >= 4 is 5.84 Å². The maximum atomic E-state index is 8.97. The van der Waals surface area contributed by atoms with Gasteiger partial charge in [0.25, 0.3) is 0 Å². The first-order chi connectivity index (χ1) is 8.97. The molecule has 0 aromatic heterocycles. The predicted octanol–water partition coefficient (Wildman–Crippen LogP) is 2.49. The maximum absolute atomic E-state index is 8.97. The van der Waals surface area contributed by atoms with Crippen molar-refractivity contribution in [1.29, 1.82) is 0 Å². The molecular formula is C15H25N3O. The zero-order valence-electron chi connectivity index (χ0n) is 12.2. The van der Waals surface area contributed by atoms with Crippen LogP contribution in [0.15, 0.2) is 35.5 Å². The van der Waals surface area contributed by atoms with E-state index in [1.54, 1.807) is 0 Å². The lowest BCUT2D eigenvalue weighted by atomic mass is 9.96. The third-order valence-electron chi connectivity index (χ3n) is 3.81. The van der Waals surface area contributed by atoms with Crippen LogP contribution in [-0.2, 0) is 0 Å². The molecule has 0 radical (unpaired) electrons. The minimum atomic E-state index is -0.0857. The Labute approximate surface area is 115 Å². The monoisotopic (exact) mass is 263 g/mol. The Morgan fingerprint density at radius 1 is 1.26 bits per heavy atom. The van der Waals surface area contributed by atoms with E-state index in [1.807, 2.05) is 30.3 Å². The summed E-state index contributed by atoms with van der Waals surface area (Å²) < 4.78 is 0. The highest BCUT2D eigenvalue weighted by Crippen LogP contribution is 2.19. The van der Waals surface area contributed by atoms with Crippen molar-refractivity contribution in [2.75, 3.05) is 13.6 Å². The smallest absolute Gasteiger partial charge is 0.147 e. The first-order valence-corrected chi connectivity index (χ1v) is 6.70. The van der Waals surface area contributed by atoms with Crippen LogP contribution in [0.3, 0.4) is 0 Å². The predicted molar refractivity (Wildman–Crippen MR) is 79.5 cm³/mol. The number of likely N-dealkylation sites (N-methyl/N-ethyl adjacent to an activating group) is 1. The van der Waals surface area contributed by atoms with E-state index in [1.165, 1.54) is 0 Å². The van der Waals surface area contributed by atoms with Gasteiger partial charge in [-0.15, -0.1) is 0 Å². The normalized spacial score (nSPS) is 15.8. The number of amidine groups is 1. The van der Waals surface area contributed by atoms with E-state index in [0.717, 1.165) is 12.1 Å². The van der Waals surface area contributed by atoms with Crippen LogP contribution < -0.4 is 5.73 Å². The van der Waals surface area contributed by atoms with Crippen LogP contribution in [0.5, 0.6) is 0 Å². The second-order valence-corrected chi connectivity index (χ2v) is 5.41. The van der Waals surface area contributed by atoms with Gasteiger partial charge in [0.2, 0.25) is 0 Å². The molecule has 1 aromatic carbocycles. The molecule has 1 aromatic rings. The molecule has 0 saturated carbocycles. The third kappa shape index (κ3) is 4.24. The number of hydrogen-bond donors (Lipinski definition) is 2. The molecule has 19 heavy (non-hydrogen) atoms. The molecule has 0 saturated heterocycles. The van der Waals surface area contributed by atoms with E-state index in [4.69, 9.17) is 10.9 Å². The van der Waals surface area contributed by atoms with Gasteiger partial charge >= 0.3 is 0 Å². The molecule has 3 N–H and O–H groups in total. The maximum Gasteiger partial charge on any atom is 0.147 e.